The third kappa shape index (κ3) is 2.39. The molecule has 3 heteroatoms. The van der Waals surface area contributed by atoms with Crippen LogP contribution in [0, 0.1) is 5.92 Å². The van der Waals surface area contributed by atoms with Crippen molar-refractivity contribution in [1.82, 2.24) is 9.55 Å². The Bertz CT molecular complexity index is 441. The molecule has 3 nitrogen and oxygen atoms in total. The molecule has 1 saturated carbocycles. The first kappa shape index (κ1) is 13.0. The molecule has 2 heterocycles. The summed E-state index contributed by atoms with van der Waals surface area (Å²) >= 11 is 0. The summed E-state index contributed by atoms with van der Waals surface area (Å²) in [7, 11) is 0. The molecule has 1 fully saturated rings. The van der Waals surface area contributed by atoms with E-state index >= 15 is 0 Å². The fourth-order valence-corrected chi connectivity index (χ4v) is 4.08. The van der Waals surface area contributed by atoms with Crippen LogP contribution in [0.4, 0.5) is 5.82 Å². The third-order valence-corrected chi connectivity index (χ3v) is 5.01. The first-order valence-electron chi connectivity index (χ1n) is 8.03. The van der Waals surface area contributed by atoms with Gasteiger partial charge in [0.25, 0.3) is 0 Å². The first-order chi connectivity index (χ1) is 9.16. The maximum absolute atomic E-state index is 6.44. The van der Waals surface area contributed by atoms with Crippen LogP contribution in [0.2, 0.25) is 0 Å². The van der Waals surface area contributed by atoms with Crippen LogP contribution in [0.3, 0.4) is 0 Å². The van der Waals surface area contributed by atoms with Crippen LogP contribution in [0.25, 0.3) is 0 Å². The molecule has 2 N–H and O–H groups in total. The Morgan fingerprint density at radius 2 is 1.79 bits per heavy atom. The van der Waals surface area contributed by atoms with E-state index in [1.807, 2.05) is 0 Å². The summed E-state index contributed by atoms with van der Waals surface area (Å²) in [6, 6.07) is 0.519. The lowest BCUT2D eigenvalue weighted by Crippen LogP contribution is -2.22. The molecule has 0 amide bonds. The number of imidazole rings is 1. The number of aromatic nitrogens is 2. The molecule has 2 unspecified atom stereocenters. The van der Waals surface area contributed by atoms with Gasteiger partial charge in [-0.15, -0.1) is 0 Å². The lowest BCUT2D eigenvalue weighted by atomic mass is 9.95. The van der Waals surface area contributed by atoms with Crippen LogP contribution < -0.4 is 5.73 Å². The molecule has 2 aliphatic rings. The number of hydrogen-bond donors (Lipinski definition) is 1. The summed E-state index contributed by atoms with van der Waals surface area (Å²) < 4.78 is 2.32. The van der Waals surface area contributed by atoms with Crippen molar-refractivity contribution in [3.63, 3.8) is 0 Å². The average molecular weight is 261 g/mol. The Kier molecular flexibility index (Phi) is 3.55. The molecular weight excluding hydrogens is 234 g/mol. The summed E-state index contributed by atoms with van der Waals surface area (Å²) in [6.45, 7) is 4.62. The van der Waals surface area contributed by atoms with Gasteiger partial charge < -0.3 is 10.3 Å². The van der Waals surface area contributed by atoms with Crippen molar-refractivity contribution in [3.05, 3.63) is 11.5 Å². The molecule has 106 valence electrons. The van der Waals surface area contributed by atoms with Crippen LogP contribution in [0.15, 0.2) is 0 Å². The molecule has 0 spiro atoms. The normalized spacial score (nSPS) is 28.9. The van der Waals surface area contributed by atoms with E-state index < -0.39 is 0 Å². The van der Waals surface area contributed by atoms with Crippen LogP contribution in [-0.2, 0) is 6.42 Å². The minimum absolute atomic E-state index is 0.519. The molecular formula is C16H27N3. The van der Waals surface area contributed by atoms with Crippen LogP contribution in [0.1, 0.15) is 82.3 Å². The van der Waals surface area contributed by atoms with Crippen molar-refractivity contribution < 1.29 is 0 Å². The number of anilines is 1. The predicted molar refractivity (Wildman–Crippen MR) is 79.3 cm³/mol. The fourth-order valence-electron chi connectivity index (χ4n) is 4.08. The maximum Gasteiger partial charge on any atom is 0.127 e. The van der Waals surface area contributed by atoms with Gasteiger partial charge in [-0.2, -0.15) is 0 Å². The van der Waals surface area contributed by atoms with Gasteiger partial charge in [-0.1, -0.05) is 32.6 Å². The standard InChI is InChI=1S/C16H27N3/c1-11-9-12(2)19-14(10-11)18-15(16(19)17)13-7-5-3-4-6-8-13/h11-13H,3-10,17H2,1-2H3. The smallest absolute Gasteiger partial charge is 0.127 e. The average Bonchev–Trinajstić information content (AvgIpc) is 2.56. The molecule has 0 saturated heterocycles. The lowest BCUT2D eigenvalue weighted by molar-refractivity contribution is 0.346. The number of fused-ring (bicyclic) bond motifs is 1. The quantitative estimate of drug-likeness (QED) is 0.775. The molecule has 0 radical (unpaired) electrons. The Morgan fingerprint density at radius 1 is 1.11 bits per heavy atom. The molecule has 2 atom stereocenters. The summed E-state index contributed by atoms with van der Waals surface area (Å²) in [5, 5.41) is 0. The highest BCUT2D eigenvalue weighted by molar-refractivity contribution is 5.42. The van der Waals surface area contributed by atoms with E-state index in [0.717, 1.165) is 18.2 Å². The Balaban J connectivity index is 1.92. The van der Waals surface area contributed by atoms with Crippen molar-refractivity contribution in [3.8, 4) is 0 Å². The highest BCUT2D eigenvalue weighted by atomic mass is 15.2. The molecule has 0 aromatic carbocycles. The maximum atomic E-state index is 6.44. The molecule has 1 aliphatic carbocycles. The molecule has 19 heavy (non-hydrogen) atoms. The zero-order chi connectivity index (χ0) is 13.4. The van der Waals surface area contributed by atoms with Gasteiger partial charge in [-0.25, -0.2) is 4.98 Å². The second-order valence-corrected chi connectivity index (χ2v) is 6.75. The van der Waals surface area contributed by atoms with Crippen LogP contribution in [-0.4, -0.2) is 9.55 Å². The summed E-state index contributed by atoms with van der Waals surface area (Å²) in [4.78, 5) is 4.95. The van der Waals surface area contributed by atoms with Crippen molar-refractivity contribution in [2.45, 2.75) is 77.2 Å². The van der Waals surface area contributed by atoms with E-state index in [4.69, 9.17) is 10.7 Å². The fraction of sp³-hybridized carbons (Fsp3) is 0.812. The van der Waals surface area contributed by atoms with Crippen molar-refractivity contribution in [2.24, 2.45) is 5.92 Å². The minimum atomic E-state index is 0.519. The van der Waals surface area contributed by atoms with Gasteiger partial charge in [0.15, 0.2) is 0 Å². The molecule has 0 bridgehead atoms. The summed E-state index contributed by atoms with van der Waals surface area (Å²) in [6.07, 6.45) is 10.4. The Labute approximate surface area is 116 Å². The highest BCUT2D eigenvalue weighted by Crippen LogP contribution is 2.38. The summed E-state index contributed by atoms with van der Waals surface area (Å²) in [5.74, 6) is 3.57. The molecule has 1 aliphatic heterocycles. The van der Waals surface area contributed by atoms with Crippen LogP contribution >= 0.6 is 0 Å². The Morgan fingerprint density at radius 3 is 2.47 bits per heavy atom. The van der Waals surface area contributed by atoms with Crippen LogP contribution in [0.5, 0.6) is 0 Å². The zero-order valence-corrected chi connectivity index (χ0v) is 12.4. The molecule has 3 rings (SSSR count). The monoisotopic (exact) mass is 261 g/mol. The topological polar surface area (TPSA) is 43.8 Å². The number of nitrogens with zero attached hydrogens (tertiary/aromatic N) is 2. The van der Waals surface area contributed by atoms with Gasteiger partial charge in [0.1, 0.15) is 11.6 Å². The van der Waals surface area contributed by atoms with Gasteiger partial charge in [-0.05, 0) is 32.1 Å². The zero-order valence-electron chi connectivity index (χ0n) is 12.4. The highest BCUT2D eigenvalue weighted by Gasteiger charge is 2.29. The number of rotatable bonds is 1. The van der Waals surface area contributed by atoms with Gasteiger partial charge in [0.05, 0.1) is 5.69 Å². The molecule has 1 aromatic heterocycles. The van der Waals surface area contributed by atoms with Crippen molar-refractivity contribution in [2.75, 3.05) is 5.73 Å². The van der Waals surface area contributed by atoms with Gasteiger partial charge in [0, 0.05) is 18.4 Å². The number of nitrogens with two attached hydrogens (primary N) is 1. The Hall–Kier alpha value is -0.990. The minimum Gasteiger partial charge on any atom is -0.384 e. The van der Waals surface area contributed by atoms with Gasteiger partial charge in [-0.3, -0.25) is 0 Å². The van der Waals surface area contributed by atoms with E-state index in [1.54, 1.807) is 0 Å². The first-order valence-corrected chi connectivity index (χ1v) is 8.03. The van der Waals surface area contributed by atoms with Crippen molar-refractivity contribution >= 4 is 5.82 Å². The SMILES string of the molecule is CC1Cc2nc(C3CCCCCC3)c(N)n2C(C)C1. The predicted octanol–water partition coefficient (Wildman–Crippen LogP) is 4.05. The van der Waals surface area contributed by atoms with Crippen molar-refractivity contribution in [1.29, 1.82) is 0 Å². The number of nitrogen functional groups attached to an aromatic ring is 1. The number of hydrogen-bond acceptors (Lipinski definition) is 2. The largest absolute Gasteiger partial charge is 0.384 e. The summed E-state index contributed by atoms with van der Waals surface area (Å²) in [5.41, 5.74) is 7.66. The third-order valence-electron chi connectivity index (χ3n) is 5.01. The lowest BCUT2D eigenvalue weighted by Gasteiger charge is -2.27. The van der Waals surface area contributed by atoms with Gasteiger partial charge >= 0.3 is 0 Å². The van der Waals surface area contributed by atoms with E-state index in [0.29, 0.717) is 12.0 Å². The van der Waals surface area contributed by atoms with E-state index in [1.165, 1.54) is 56.5 Å². The second kappa shape index (κ2) is 5.18. The van der Waals surface area contributed by atoms with Gasteiger partial charge in [0.2, 0.25) is 0 Å². The van der Waals surface area contributed by atoms with E-state index in [2.05, 4.69) is 18.4 Å². The molecule has 1 aromatic rings. The van der Waals surface area contributed by atoms with E-state index in [9.17, 15) is 0 Å². The van der Waals surface area contributed by atoms with E-state index in [-0.39, 0.29) is 0 Å². The second-order valence-electron chi connectivity index (χ2n) is 6.75.